The lowest BCUT2D eigenvalue weighted by atomic mass is 10.2. The van der Waals surface area contributed by atoms with Gasteiger partial charge in [0.15, 0.2) is 0 Å². The molecule has 0 radical (unpaired) electrons. The molecule has 136 valence electrons. The van der Waals surface area contributed by atoms with Crippen LogP contribution in [0.25, 0.3) is 0 Å². The number of hydrogen-bond acceptors (Lipinski definition) is 4. The molecule has 0 aromatic carbocycles. The second kappa shape index (κ2) is 11.7. The van der Waals surface area contributed by atoms with Crippen LogP contribution in [0.15, 0.2) is 17.8 Å². The van der Waals surface area contributed by atoms with Gasteiger partial charge in [0, 0.05) is 24.0 Å². The first-order chi connectivity index (χ1) is 12.0. The Hall–Kier alpha value is -1.86. The fourth-order valence-electron chi connectivity index (χ4n) is 2.16. The predicted octanol–water partition coefficient (Wildman–Crippen LogP) is 5.48. The van der Waals surface area contributed by atoms with Crippen LogP contribution in [0.4, 0.5) is 5.82 Å². The van der Waals surface area contributed by atoms with Gasteiger partial charge in [-0.1, -0.05) is 58.0 Å². The van der Waals surface area contributed by atoms with E-state index in [0.717, 1.165) is 18.8 Å². The fourth-order valence-corrected chi connectivity index (χ4v) is 2.29. The van der Waals surface area contributed by atoms with Crippen molar-refractivity contribution in [2.75, 3.05) is 5.32 Å². The molecule has 0 unspecified atom stereocenters. The van der Waals surface area contributed by atoms with Gasteiger partial charge in [0.05, 0.1) is 5.56 Å². The molecule has 1 aliphatic rings. The Labute approximate surface area is 157 Å². The van der Waals surface area contributed by atoms with Crippen LogP contribution in [-0.4, -0.2) is 22.2 Å². The minimum atomic E-state index is 0.217. The molecule has 0 spiro atoms. The third kappa shape index (κ3) is 8.18. The van der Waals surface area contributed by atoms with E-state index < -0.39 is 0 Å². The number of hydrogen-bond donors (Lipinski definition) is 2. The Morgan fingerprint density at radius 2 is 2.08 bits per heavy atom. The Kier molecular flexibility index (Phi) is 9.87. The minimum Gasteiger partial charge on any atom is -0.366 e. The van der Waals surface area contributed by atoms with Crippen molar-refractivity contribution in [3.05, 3.63) is 28.7 Å². The van der Waals surface area contributed by atoms with Gasteiger partial charge < -0.3 is 10.7 Å². The van der Waals surface area contributed by atoms with Crippen molar-refractivity contribution in [2.45, 2.75) is 65.8 Å². The van der Waals surface area contributed by atoms with Gasteiger partial charge in [-0.3, -0.25) is 0 Å². The first-order valence-electron chi connectivity index (χ1n) is 8.98. The maximum atomic E-state index is 7.23. The molecule has 4 nitrogen and oxygen atoms in total. The summed E-state index contributed by atoms with van der Waals surface area (Å²) < 4.78 is 0. The maximum Gasteiger partial charge on any atom is 0.224 e. The molecule has 1 aromatic rings. The van der Waals surface area contributed by atoms with E-state index in [1.54, 1.807) is 12.3 Å². The van der Waals surface area contributed by atoms with E-state index in [4.69, 9.17) is 17.0 Å². The maximum absolute atomic E-state index is 7.23. The van der Waals surface area contributed by atoms with Gasteiger partial charge in [-0.05, 0) is 37.3 Å². The molecule has 1 aliphatic carbocycles. The summed E-state index contributed by atoms with van der Waals surface area (Å²) in [5.41, 5.74) is 1.37. The van der Waals surface area contributed by atoms with E-state index in [1.165, 1.54) is 25.5 Å². The van der Waals surface area contributed by atoms with Gasteiger partial charge in [-0.15, -0.1) is 0 Å². The van der Waals surface area contributed by atoms with Crippen molar-refractivity contribution in [1.82, 2.24) is 9.97 Å². The second-order valence-corrected chi connectivity index (χ2v) is 6.81. The standard InChI is InChI=1S/C15H17ClN4.C5H12/c1-2-11(9-17)7-8-12-10-18-15(16)20-14(12)19-13-5-3-4-6-13;1-4-5(2)3/h2,9-10,13,17H,3-6H2,1H3,(H,18,19,20);5H,4H2,1-3H3/b11-2-,17-9?;. The van der Waals surface area contributed by atoms with Crippen LogP contribution in [0.2, 0.25) is 5.28 Å². The Morgan fingerprint density at radius 3 is 2.60 bits per heavy atom. The van der Waals surface area contributed by atoms with Crippen molar-refractivity contribution < 1.29 is 0 Å². The molecule has 1 heterocycles. The molecule has 1 fully saturated rings. The summed E-state index contributed by atoms with van der Waals surface area (Å²) in [7, 11) is 0. The van der Waals surface area contributed by atoms with E-state index in [0.29, 0.717) is 23.0 Å². The Morgan fingerprint density at radius 1 is 1.44 bits per heavy atom. The summed E-state index contributed by atoms with van der Waals surface area (Å²) in [6.45, 7) is 8.50. The highest BCUT2D eigenvalue weighted by Gasteiger charge is 2.16. The zero-order valence-corrected chi connectivity index (χ0v) is 16.5. The number of anilines is 1. The Bertz CT molecular complexity index is 635. The first kappa shape index (κ1) is 21.2. The van der Waals surface area contributed by atoms with Gasteiger partial charge in [-0.25, -0.2) is 4.98 Å². The summed E-state index contributed by atoms with van der Waals surface area (Å²) >= 11 is 5.86. The molecule has 0 aliphatic heterocycles. The van der Waals surface area contributed by atoms with Crippen molar-refractivity contribution >= 4 is 23.6 Å². The van der Waals surface area contributed by atoms with E-state index >= 15 is 0 Å². The molecular formula is C20H29ClN4. The highest BCUT2D eigenvalue weighted by atomic mass is 35.5. The van der Waals surface area contributed by atoms with E-state index in [2.05, 4.69) is 47.9 Å². The highest BCUT2D eigenvalue weighted by Crippen LogP contribution is 2.23. The molecule has 25 heavy (non-hydrogen) atoms. The number of nitrogens with zero attached hydrogens (tertiary/aromatic N) is 2. The molecule has 0 saturated heterocycles. The molecule has 0 amide bonds. The lowest BCUT2D eigenvalue weighted by molar-refractivity contribution is 0.626. The topological polar surface area (TPSA) is 61.7 Å². The number of aromatic nitrogens is 2. The molecule has 0 bridgehead atoms. The lowest BCUT2D eigenvalue weighted by Gasteiger charge is -2.13. The average Bonchev–Trinajstić information content (AvgIpc) is 3.11. The van der Waals surface area contributed by atoms with E-state index in [-0.39, 0.29) is 5.28 Å². The molecule has 0 atom stereocenters. The van der Waals surface area contributed by atoms with Gasteiger partial charge in [-0.2, -0.15) is 4.98 Å². The van der Waals surface area contributed by atoms with Gasteiger partial charge in [0.2, 0.25) is 5.28 Å². The monoisotopic (exact) mass is 360 g/mol. The molecule has 2 rings (SSSR count). The third-order valence-corrected chi connectivity index (χ3v) is 4.26. The van der Waals surface area contributed by atoms with Crippen molar-refractivity contribution in [2.24, 2.45) is 5.92 Å². The number of allylic oxidation sites excluding steroid dienone is 2. The largest absolute Gasteiger partial charge is 0.366 e. The van der Waals surface area contributed by atoms with Gasteiger partial charge in [0.1, 0.15) is 5.82 Å². The normalized spacial score (nSPS) is 14.4. The van der Waals surface area contributed by atoms with Crippen molar-refractivity contribution in [1.29, 1.82) is 5.41 Å². The quantitative estimate of drug-likeness (QED) is 0.424. The number of rotatable bonds is 4. The lowest BCUT2D eigenvalue weighted by Crippen LogP contribution is -2.16. The second-order valence-electron chi connectivity index (χ2n) is 6.47. The number of nitrogens with one attached hydrogen (secondary N) is 2. The zero-order chi connectivity index (χ0) is 18.7. The van der Waals surface area contributed by atoms with Gasteiger partial charge >= 0.3 is 0 Å². The van der Waals surface area contributed by atoms with Crippen LogP contribution in [0.5, 0.6) is 0 Å². The highest BCUT2D eigenvalue weighted by molar-refractivity contribution is 6.28. The van der Waals surface area contributed by atoms with Crippen LogP contribution in [0.1, 0.15) is 65.4 Å². The zero-order valence-electron chi connectivity index (χ0n) is 15.7. The minimum absolute atomic E-state index is 0.217. The molecule has 2 N–H and O–H groups in total. The SMILES string of the molecule is C/C=C(/C#Cc1cnc(Cl)nc1NC1CCCC1)C=N.CCC(C)C. The van der Waals surface area contributed by atoms with E-state index in [9.17, 15) is 0 Å². The van der Waals surface area contributed by atoms with Gasteiger partial charge in [0.25, 0.3) is 0 Å². The Balaban J connectivity index is 0.000000550. The van der Waals surface area contributed by atoms with Crippen molar-refractivity contribution in [3.63, 3.8) is 0 Å². The molecule has 1 saturated carbocycles. The smallest absolute Gasteiger partial charge is 0.224 e. The fraction of sp³-hybridized carbons (Fsp3) is 0.550. The predicted molar refractivity (Wildman–Crippen MR) is 107 cm³/mol. The van der Waals surface area contributed by atoms with Crippen LogP contribution < -0.4 is 5.32 Å². The summed E-state index contributed by atoms with van der Waals surface area (Å²) in [5, 5.41) is 10.8. The third-order valence-electron chi connectivity index (χ3n) is 4.08. The molecular weight excluding hydrogens is 332 g/mol. The first-order valence-corrected chi connectivity index (χ1v) is 9.35. The molecule has 5 heteroatoms. The van der Waals surface area contributed by atoms with Crippen molar-refractivity contribution in [3.8, 4) is 11.8 Å². The molecule has 1 aromatic heterocycles. The average molecular weight is 361 g/mol. The van der Waals surface area contributed by atoms with E-state index in [1.807, 2.05) is 6.92 Å². The van der Waals surface area contributed by atoms with Crippen LogP contribution in [0, 0.1) is 23.2 Å². The van der Waals surface area contributed by atoms with Crippen LogP contribution in [0.3, 0.4) is 0 Å². The van der Waals surface area contributed by atoms with Crippen LogP contribution in [-0.2, 0) is 0 Å². The summed E-state index contributed by atoms with van der Waals surface area (Å²) in [5.74, 6) is 7.50. The summed E-state index contributed by atoms with van der Waals surface area (Å²) in [6.07, 6.45) is 10.7. The summed E-state index contributed by atoms with van der Waals surface area (Å²) in [6, 6.07) is 0.436. The number of halogens is 1. The summed E-state index contributed by atoms with van der Waals surface area (Å²) in [4.78, 5) is 8.21. The van der Waals surface area contributed by atoms with Crippen LogP contribution >= 0.6 is 11.6 Å².